The van der Waals surface area contributed by atoms with Gasteiger partial charge in [-0.3, -0.25) is 9.59 Å². The molecule has 0 unspecified atom stereocenters. The van der Waals surface area contributed by atoms with E-state index in [9.17, 15) is 9.59 Å². The third kappa shape index (κ3) is 5.19. The average molecular weight is 429 g/mol. The summed E-state index contributed by atoms with van der Waals surface area (Å²) in [5.74, 6) is 0.244. The number of hydrogen-bond donors (Lipinski definition) is 0. The maximum Gasteiger partial charge on any atom is 0.254 e. The van der Waals surface area contributed by atoms with Gasteiger partial charge >= 0.3 is 0 Å². The standard InChI is InChI=1S/C22H25BrN2O2/c1-17-16-19(23)10-11-20(17)22(27)25-14-12-24(13-15-25)21(26)9-5-8-18-6-3-2-4-7-18/h2-4,6-7,10-11,16H,5,8-9,12-15H2,1H3. The molecule has 4 nitrogen and oxygen atoms in total. The van der Waals surface area contributed by atoms with Crippen LogP contribution in [0.2, 0.25) is 0 Å². The Kier molecular flexibility index (Phi) is 6.67. The Morgan fingerprint density at radius 1 is 0.963 bits per heavy atom. The van der Waals surface area contributed by atoms with Crippen molar-refractivity contribution in [2.24, 2.45) is 0 Å². The van der Waals surface area contributed by atoms with Gasteiger partial charge in [-0.25, -0.2) is 0 Å². The van der Waals surface area contributed by atoms with E-state index in [4.69, 9.17) is 0 Å². The minimum absolute atomic E-state index is 0.0520. The maximum atomic E-state index is 12.7. The number of carbonyl (C=O) groups excluding carboxylic acids is 2. The summed E-state index contributed by atoms with van der Waals surface area (Å²) in [6.45, 7) is 4.37. The van der Waals surface area contributed by atoms with Crippen LogP contribution in [0.15, 0.2) is 53.0 Å². The molecule has 5 heteroatoms. The second-order valence-electron chi connectivity index (χ2n) is 6.97. The molecule has 2 amide bonds. The van der Waals surface area contributed by atoms with Crippen LogP contribution in [0.5, 0.6) is 0 Å². The van der Waals surface area contributed by atoms with Gasteiger partial charge < -0.3 is 9.80 Å². The van der Waals surface area contributed by atoms with Gasteiger partial charge in [-0.05, 0) is 49.1 Å². The highest BCUT2D eigenvalue weighted by Crippen LogP contribution is 2.18. The van der Waals surface area contributed by atoms with Crippen molar-refractivity contribution in [2.75, 3.05) is 26.2 Å². The van der Waals surface area contributed by atoms with Crippen molar-refractivity contribution < 1.29 is 9.59 Å². The van der Waals surface area contributed by atoms with E-state index < -0.39 is 0 Å². The molecule has 0 aliphatic carbocycles. The monoisotopic (exact) mass is 428 g/mol. The molecular weight excluding hydrogens is 404 g/mol. The molecule has 0 bridgehead atoms. The van der Waals surface area contributed by atoms with Crippen LogP contribution in [0.1, 0.15) is 34.3 Å². The number of rotatable bonds is 5. The number of halogens is 1. The molecule has 1 heterocycles. The highest BCUT2D eigenvalue weighted by Gasteiger charge is 2.25. The van der Waals surface area contributed by atoms with Crippen molar-refractivity contribution in [1.29, 1.82) is 0 Å². The van der Waals surface area contributed by atoms with E-state index in [0.29, 0.717) is 32.6 Å². The number of benzene rings is 2. The first-order valence-corrected chi connectivity index (χ1v) is 10.2. The average Bonchev–Trinajstić information content (AvgIpc) is 2.68. The van der Waals surface area contributed by atoms with E-state index in [2.05, 4.69) is 28.1 Å². The highest BCUT2D eigenvalue weighted by atomic mass is 79.9. The summed E-state index contributed by atoms with van der Waals surface area (Å²) >= 11 is 3.43. The van der Waals surface area contributed by atoms with E-state index >= 15 is 0 Å². The number of carbonyl (C=O) groups is 2. The number of piperazine rings is 1. The Hall–Kier alpha value is -2.14. The predicted octanol–water partition coefficient (Wildman–Crippen LogP) is 4.06. The molecule has 2 aromatic carbocycles. The Morgan fingerprint density at radius 3 is 2.30 bits per heavy atom. The van der Waals surface area contributed by atoms with Gasteiger partial charge in [0.05, 0.1) is 0 Å². The highest BCUT2D eigenvalue weighted by molar-refractivity contribution is 9.10. The van der Waals surface area contributed by atoms with Gasteiger partial charge in [0.25, 0.3) is 5.91 Å². The lowest BCUT2D eigenvalue weighted by Crippen LogP contribution is -2.50. The first-order valence-electron chi connectivity index (χ1n) is 9.42. The van der Waals surface area contributed by atoms with Gasteiger partial charge in [-0.2, -0.15) is 0 Å². The smallest absolute Gasteiger partial charge is 0.254 e. The fraction of sp³-hybridized carbons (Fsp3) is 0.364. The largest absolute Gasteiger partial charge is 0.339 e. The minimum Gasteiger partial charge on any atom is -0.339 e. The lowest BCUT2D eigenvalue weighted by molar-refractivity contribution is -0.132. The van der Waals surface area contributed by atoms with Gasteiger partial charge in [0.1, 0.15) is 0 Å². The summed E-state index contributed by atoms with van der Waals surface area (Å²) in [6, 6.07) is 16.0. The molecule has 3 rings (SSSR count). The Labute approximate surface area is 169 Å². The minimum atomic E-state index is 0.0520. The number of aryl methyl sites for hydroxylation is 2. The molecule has 1 aliphatic rings. The molecule has 1 fully saturated rings. The van der Waals surface area contributed by atoms with Crippen molar-refractivity contribution in [3.8, 4) is 0 Å². The van der Waals surface area contributed by atoms with Crippen LogP contribution < -0.4 is 0 Å². The van der Waals surface area contributed by atoms with Crippen LogP contribution in [0.3, 0.4) is 0 Å². The summed E-state index contributed by atoms with van der Waals surface area (Å²) in [5, 5.41) is 0. The van der Waals surface area contributed by atoms with Gasteiger partial charge in [-0.15, -0.1) is 0 Å². The second-order valence-corrected chi connectivity index (χ2v) is 7.89. The molecular formula is C22H25BrN2O2. The number of nitrogens with zero attached hydrogens (tertiary/aromatic N) is 2. The molecule has 0 N–H and O–H groups in total. The van der Waals surface area contributed by atoms with Crippen molar-refractivity contribution in [3.05, 3.63) is 69.7 Å². The fourth-order valence-corrected chi connectivity index (χ4v) is 3.92. The van der Waals surface area contributed by atoms with E-state index in [1.54, 1.807) is 0 Å². The van der Waals surface area contributed by atoms with Gasteiger partial charge in [0, 0.05) is 42.6 Å². The molecule has 0 spiro atoms. The Morgan fingerprint density at radius 2 is 1.63 bits per heavy atom. The Balaban J connectivity index is 1.46. The van der Waals surface area contributed by atoms with E-state index in [1.165, 1.54) is 5.56 Å². The zero-order chi connectivity index (χ0) is 19.2. The van der Waals surface area contributed by atoms with Crippen LogP contribution in [0.25, 0.3) is 0 Å². The zero-order valence-electron chi connectivity index (χ0n) is 15.7. The van der Waals surface area contributed by atoms with E-state index in [-0.39, 0.29) is 11.8 Å². The van der Waals surface area contributed by atoms with Gasteiger partial charge in [0.2, 0.25) is 5.91 Å². The van der Waals surface area contributed by atoms with Crippen LogP contribution in [0.4, 0.5) is 0 Å². The predicted molar refractivity (Wildman–Crippen MR) is 111 cm³/mol. The van der Waals surface area contributed by atoms with E-state index in [0.717, 1.165) is 28.4 Å². The lowest BCUT2D eigenvalue weighted by atomic mass is 10.1. The third-order valence-electron chi connectivity index (χ3n) is 5.04. The number of hydrogen-bond acceptors (Lipinski definition) is 2. The molecule has 0 radical (unpaired) electrons. The first-order chi connectivity index (χ1) is 13.0. The molecule has 0 aromatic heterocycles. The van der Waals surface area contributed by atoms with Gasteiger partial charge in [0.15, 0.2) is 0 Å². The fourth-order valence-electron chi connectivity index (χ4n) is 3.44. The first kappa shape index (κ1) is 19.6. The quantitative estimate of drug-likeness (QED) is 0.719. The van der Waals surface area contributed by atoms with E-state index in [1.807, 2.05) is 53.1 Å². The van der Waals surface area contributed by atoms with Gasteiger partial charge in [-0.1, -0.05) is 46.3 Å². The zero-order valence-corrected chi connectivity index (χ0v) is 17.2. The van der Waals surface area contributed by atoms with Crippen molar-refractivity contribution >= 4 is 27.7 Å². The van der Waals surface area contributed by atoms with Crippen molar-refractivity contribution in [1.82, 2.24) is 9.80 Å². The van der Waals surface area contributed by atoms with Crippen molar-refractivity contribution in [3.63, 3.8) is 0 Å². The SMILES string of the molecule is Cc1cc(Br)ccc1C(=O)N1CCN(C(=O)CCCc2ccccc2)CC1. The topological polar surface area (TPSA) is 40.6 Å². The Bertz CT molecular complexity index is 799. The summed E-state index contributed by atoms with van der Waals surface area (Å²) < 4.78 is 0.975. The normalized spacial score (nSPS) is 14.3. The maximum absolute atomic E-state index is 12.7. The van der Waals surface area contributed by atoms with Crippen molar-refractivity contribution in [2.45, 2.75) is 26.2 Å². The summed E-state index contributed by atoms with van der Waals surface area (Å²) in [7, 11) is 0. The second kappa shape index (κ2) is 9.18. The molecule has 1 aliphatic heterocycles. The summed E-state index contributed by atoms with van der Waals surface area (Å²) in [4.78, 5) is 28.9. The summed E-state index contributed by atoms with van der Waals surface area (Å²) in [5.41, 5.74) is 2.97. The van der Waals surface area contributed by atoms with Crippen LogP contribution in [0, 0.1) is 6.92 Å². The molecule has 1 saturated heterocycles. The van der Waals surface area contributed by atoms with Crippen LogP contribution >= 0.6 is 15.9 Å². The number of amides is 2. The lowest BCUT2D eigenvalue weighted by Gasteiger charge is -2.35. The van der Waals surface area contributed by atoms with Crippen LogP contribution in [-0.2, 0) is 11.2 Å². The third-order valence-corrected chi connectivity index (χ3v) is 5.53. The molecule has 27 heavy (non-hydrogen) atoms. The molecule has 142 valence electrons. The molecule has 2 aromatic rings. The molecule has 0 atom stereocenters. The molecule has 0 saturated carbocycles. The van der Waals surface area contributed by atoms with Crippen LogP contribution in [-0.4, -0.2) is 47.8 Å². The summed E-state index contributed by atoms with van der Waals surface area (Å²) in [6.07, 6.45) is 2.35.